The first kappa shape index (κ1) is 12.1. The van der Waals surface area contributed by atoms with Crippen molar-refractivity contribution in [3.8, 4) is 0 Å². The molecule has 0 aliphatic rings. The highest BCUT2D eigenvalue weighted by molar-refractivity contribution is 9.09. The Bertz CT molecular complexity index is 139. The lowest BCUT2D eigenvalue weighted by Gasteiger charge is -2.19. The van der Waals surface area contributed by atoms with Gasteiger partial charge < -0.3 is 0 Å². The molecule has 0 aromatic heterocycles. The van der Waals surface area contributed by atoms with Crippen LogP contribution in [-0.2, 0) is 0 Å². The predicted molar refractivity (Wildman–Crippen MR) is 38.6 cm³/mol. The lowest BCUT2D eigenvalue weighted by atomic mass is 10.1. The zero-order valence-corrected chi connectivity index (χ0v) is 7.85. The molecule has 74 valence electrons. The molecule has 0 aliphatic heterocycles. The molecule has 0 rings (SSSR count). The number of hydrogen-bond donors (Lipinski definition) is 0. The summed E-state index contributed by atoms with van der Waals surface area (Å²) in [7, 11) is 0. The van der Waals surface area contributed by atoms with Crippen LogP contribution in [0.25, 0.3) is 0 Å². The van der Waals surface area contributed by atoms with Gasteiger partial charge in [-0.25, -0.2) is 0 Å². The van der Waals surface area contributed by atoms with Crippen LogP contribution in [0.15, 0.2) is 0 Å². The van der Waals surface area contributed by atoms with Gasteiger partial charge in [-0.05, 0) is 6.42 Å². The van der Waals surface area contributed by atoms with Gasteiger partial charge in [-0.3, -0.25) is 0 Å². The van der Waals surface area contributed by atoms with E-state index in [1.54, 1.807) is 0 Å². The molecule has 0 radical (unpaired) electrons. The van der Waals surface area contributed by atoms with Crippen LogP contribution in [0.5, 0.6) is 0 Å². The van der Waals surface area contributed by atoms with Crippen molar-refractivity contribution < 1.29 is 22.0 Å². The van der Waals surface area contributed by atoms with Gasteiger partial charge in [-0.1, -0.05) is 22.9 Å². The van der Waals surface area contributed by atoms with Gasteiger partial charge in [0.05, 0.1) is 0 Å². The molecule has 0 spiro atoms. The van der Waals surface area contributed by atoms with Crippen LogP contribution in [0, 0.1) is 0 Å². The summed E-state index contributed by atoms with van der Waals surface area (Å²) >= 11 is 2.89. The summed E-state index contributed by atoms with van der Waals surface area (Å²) in [6.45, 7) is 1.52. The molecular formula is C6H8BrF5. The Labute approximate surface area is 75.3 Å². The first-order valence-corrected chi connectivity index (χ1v) is 4.17. The van der Waals surface area contributed by atoms with Crippen molar-refractivity contribution in [3.05, 3.63) is 0 Å². The molecule has 12 heavy (non-hydrogen) atoms. The molecule has 0 aromatic carbocycles. The van der Waals surface area contributed by atoms with Crippen molar-refractivity contribution in [1.82, 2.24) is 0 Å². The molecule has 0 saturated heterocycles. The topological polar surface area (TPSA) is 0 Å². The van der Waals surface area contributed by atoms with Crippen molar-refractivity contribution in [2.24, 2.45) is 0 Å². The van der Waals surface area contributed by atoms with Gasteiger partial charge in [0.2, 0.25) is 0 Å². The molecule has 1 unspecified atom stereocenters. The second-order valence-electron chi connectivity index (χ2n) is 2.52. The molecule has 1 atom stereocenters. The molecule has 0 saturated carbocycles. The van der Waals surface area contributed by atoms with Gasteiger partial charge in [0, 0.05) is 11.2 Å². The number of hydrogen-bond acceptors (Lipinski definition) is 0. The molecule has 0 N–H and O–H groups in total. The molecule has 6 heteroatoms. The second-order valence-corrected chi connectivity index (χ2v) is 4.08. The quantitative estimate of drug-likeness (QED) is 0.532. The zero-order valence-electron chi connectivity index (χ0n) is 6.26. The maximum absolute atomic E-state index is 12.1. The first-order chi connectivity index (χ1) is 5.17. The van der Waals surface area contributed by atoms with E-state index in [0.29, 0.717) is 0 Å². The standard InChI is InChI=1S/C6H8BrF5/c1-4(7)2-3-5(8,9)6(10,11)12/h4H,2-3H2,1H3. The summed E-state index contributed by atoms with van der Waals surface area (Å²) < 4.78 is 58.8. The molecular weight excluding hydrogens is 247 g/mol. The minimum atomic E-state index is -5.42. The summed E-state index contributed by atoms with van der Waals surface area (Å²) in [5, 5.41) is 0. The Morgan fingerprint density at radius 2 is 1.58 bits per heavy atom. The van der Waals surface area contributed by atoms with E-state index in [1.807, 2.05) is 0 Å². The fourth-order valence-corrected chi connectivity index (χ4v) is 0.751. The molecule has 0 heterocycles. The number of alkyl halides is 6. The van der Waals surface area contributed by atoms with E-state index in [9.17, 15) is 22.0 Å². The van der Waals surface area contributed by atoms with E-state index in [0.717, 1.165) is 0 Å². The minimum Gasteiger partial charge on any atom is -0.196 e. The SMILES string of the molecule is CC(Br)CCC(F)(F)C(F)(F)F. The van der Waals surface area contributed by atoms with Gasteiger partial charge in [0.15, 0.2) is 0 Å². The van der Waals surface area contributed by atoms with E-state index in [-0.39, 0.29) is 11.2 Å². The lowest BCUT2D eigenvalue weighted by Crippen LogP contribution is -2.36. The third-order valence-corrected chi connectivity index (χ3v) is 1.73. The summed E-state index contributed by atoms with van der Waals surface area (Å²) in [6, 6.07) is 0. The van der Waals surface area contributed by atoms with E-state index < -0.39 is 18.5 Å². The fraction of sp³-hybridized carbons (Fsp3) is 1.00. The van der Waals surface area contributed by atoms with Gasteiger partial charge in [0.25, 0.3) is 0 Å². The Morgan fingerprint density at radius 1 is 1.17 bits per heavy atom. The maximum atomic E-state index is 12.1. The highest BCUT2D eigenvalue weighted by Crippen LogP contribution is 2.39. The molecule has 0 bridgehead atoms. The van der Waals surface area contributed by atoms with Crippen molar-refractivity contribution in [1.29, 1.82) is 0 Å². The summed E-state index contributed by atoms with van der Waals surface area (Å²) in [5.41, 5.74) is 0. The predicted octanol–water partition coefficient (Wildman–Crippen LogP) is 3.75. The van der Waals surface area contributed by atoms with Crippen LogP contribution in [0.4, 0.5) is 22.0 Å². The Hall–Kier alpha value is 0.130. The van der Waals surface area contributed by atoms with Crippen molar-refractivity contribution in [2.75, 3.05) is 0 Å². The monoisotopic (exact) mass is 254 g/mol. The van der Waals surface area contributed by atoms with Gasteiger partial charge in [-0.15, -0.1) is 0 Å². The van der Waals surface area contributed by atoms with Gasteiger partial charge in [-0.2, -0.15) is 22.0 Å². The molecule has 0 amide bonds. The van der Waals surface area contributed by atoms with Crippen LogP contribution in [0.3, 0.4) is 0 Å². The Balaban J connectivity index is 4.05. The van der Waals surface area contributed by atoms with Crippen LogP contribution in [0.2, 0.25) is 0 Å². The van der Waals surface area contributed by atoms with Crippen LogP contribution in [-0.4, -0.2) is 16.9 Å². The largest absolute Gasteiger partial charge is 0.453 e. The minimum absolute atomic E-state index is 0.202. The Kier molecular flexibility index (Phi) is 3.93. The Morgan fingerprint density at radius 3 is 1.83 bits per heavy atom. The summed E-state index contributed by atoms with van der Waals surface area (Å²) in [4.78, 5) is -0.328. The summed E-state index contributed by atoms with van der Waals surface area (Å²) in [6.07, 6.45) is -6.79. The van der Waals surface area contributed by atoms with Gasteiger partial charge >= 0.3 is 12.1 Å². The normalized spacial score (nSPS) is 16.2. The van der Waals surface area contributed by atoms with Crippen LogP contribution >= 0.6 is 15.9 Å². The van der Waals surface area contributed by atoms with E-state index >= 15 is 0 Å². The summed E-state index contributed by atoms with van der Waals surface area (Å²) in [5.74, 6) is -4.56. The molecule has 0 fully saturated rings. The average Bonchev–Trinajstić information content (AvgIpc) is 1.81. The van der Waals surface area contributed by atoms with E-state index in [1.165, 1.54) is 6.92 Å². The first-order valence-electron chi connectivity index (χ1n) is 3.25. The number of rotatable bonds is 3. The van der Waals surface area contributed by atoms with Crippen molar-refractivity contribution in [3.63, 3.8) is 0 Å². The highest BCUT2D eigenvalue weighted by atomic mass is 79.9. The third-order valence-electron chi connectivity index (χ3n) is 1.27. The molecule has 0 nitrogen and oxygen atoms in total. The zero-order chi connectivity index (χ0) is 9.99. The third kappa shape index (κ3) is 3.69. The highest BCUT2D eigenvalue weighted by Gasteiger charge is 2.56. The fourth-order valence-electron chi connectivity index (χ4n) is 0.522. The second kappa shape index (κ2) is 3.89. The lowest BCUT2D eigenvalue weighted by molar-refractivity contribution is -0.284. The maximum Gasteiger partial charge on any atom is 0.453 e. The molecule has 0 aliphatic carbocycles. The van der Waals surface area contributed by atoms with Gasteiger partial charge in [0.1, 0.15) is 0 Å². The smallest absolute Gasteiger partial charge is 0.196 e. The van der Waals surface area contributed by atoms with E-state index in [2.05, 4.69) is 15.9 Å². The number of halogens is 6. The van der Waals surface area contributed by atoms with Crippen molar-refractivity contribution in [2.45, 2.75) is 36.7 Å². The molecule has 0 aromatic rings. The van der Waals surface area contributed by atoms with E-state index in [4.69, 9.17) is 0 Å². The van der Waals surface area contributed by atoms with Crippen LogP contribution < -0.4 is 0 Å². The van der Waals surface area contributed by atoms with Crippen molar-refractivity contribution >= 4 is 15.9 Å². The van der Waals surface area contributed by atoms with Crippen LogP contribution in [0.1, 0.15) is 19.8 Å². The average molecular weight is 255 g/mol.